The number of carbonyl (C=O) groups is 1. The molecular formula is C17H15ClF2N6O4. The first-order chi connectivity index (χ1) is 14.2. The van der Waals surface area contributed by atoms with E-state index in [-0.39, 0.29) is 12.4 Å². The molecule has 0 aliphatic rings. The summed E-state index contributed by atoms with van der Waals surface area (Å²) in [6.07, 6.45) is -0.278. The molecule has 1 N–H and O–H groups in total. The number of ether oxygens (including phenoxy) is 1. The highest BCUT2D eigenvalue weighted by Crippen LogP contribution is 2.30. The maximum atomic E-state index is 13.0. The number of alkyl halides is 2. The first-order valence-electron chi connectivity index (χ1n) is 8.45. The Bertz CT molecular complexity index is 1080. The molecule has 13 heteroatoms. The van der Waals surface area contributed by atoms with E-state index < -0.39 is 35.2 Å². The predicted molar refractivity (Wildman–Crippen MR) is 102 cm³/mol. The lowest BCUT2D eigenvalue weighted by molar-refractivity contribution is -0.386. The van der Waals surface area contributed by atoms with Gasteiger partial charge in [0, 0.05) is 5.02 Å². The Kier molecular flexibility index (Phi) is 6.26. The highest BCUT2D eigenvalue weighted by molar-refractivity contribution is 6.30. The molecule has 0 bridgehead atoms. The summed E-state index contributed by atoms with van der Waals surface area (Å²) >= 11 is 5.88. The Labute approximate surface area is 173 Å². The van der Waals surface area contributed by atoms with E-state index in [2.05, 4.69) is 15.5 Å². The van der Waals surface area contributed by atoms with Crippen LogP contribution in [0.1, 0.15) is 17.8 Å². The van der Waals surface area contributed by atoms with Gasteiger partial charge in [-0.15, -0.1) is 0 Å². The summed E-state index contributed by atoms with van der Waals surface area (Å²) in [6.45, 7) is 0.817. The number of carbonyl (C=O) groups excluding carboxylic acids is 1. The molecule has 0 spiro atoms. The monoisotopic (exact) mass is 440 g/mol. The molecule has 2 aromatic heterocycles. The van der Waals surface area contributed by atoms with Crippen LogP contribution in [-0.4, -0.2) is 30.4 Å². The lowest BCUT2D eigenvalue weighted by Gasteiger charge is -2.06. The molecule has 1 aromatic carbocycles. The lowest BCUT2D eigenvalue weighted by atomic mass is 10.3. The van der Waals surface area contributed by atoms with Crippen molar-refractivity contribution in [2.24, 2.45) is 0 Å². The minimum atomic E-state index is -3.13. The summed E-state index contributed by atoms with van der Waals surface area (Å²) in [5, 5.41) is 21.6. The number of amides is 1. The van der Waals surface area contributed by atoms with E-state index in [4.69, 9.17) is 16.3 Å². The van der Waals surface area contributed by atoms with Crippen molar-refractivity contribution in [1.82, 2.24) is 19.6 Å². The number of nitrogens with one attached hydrogen (secondary N) is 1. The zero-order chi connectivity index (χ0) is 21.8. The van der Waals surface area contributed by atoms with Gasteiger partial charge < -0.3 is 10.1 Å². The predicted octanol–water partition coefficient (Wildman–Crippen LogP) is 3.56. The van der Waals surface area contributed by atoms with E-state index in [0.717, 1.165) is 4.68 Å². The zero-order valence-electron chi connectivity index (χ0n) is 15.5. The van der Waals surface area contributed by atoms with Crippen LogP contribution in [0.15, 0.2) is 36.7 Å². The van der Waals surface area contributed by atoms with Crippen LogP contribution in [-0.2, 0) is 18.1 Å². The van der Waals surface area contributed by atoms with E-state index in [1.807, 2.05) is 0 Å². The van der Waals surface area contributed by atoms with E-state index in [9.17, 15) is 23.7 Å². The Hall–Kier alpha value is -3.54. The molecule has 30 heavy (non-hydrogen) atoms. The Morgan fingerprint density at radius 3 is 2.83 bits per heavy atom. The lowest BCUT2D eigenvalue weighted by Crippen LogP contribution is -2.20. The molecule has 0 unspecified atom stereocenters. The number of nitrogens with zero attached hydrogens (tertiary/aromatic N) is 5. The molecule has 1 amide bonds. The molecule has 10 nitrogen and oxygen atoms in total. The van der Waals surface area contributed by atoms with Gasteiger partial charge in [0.2, 0.25) is 11.6 Å². The summed E-state index contributed by atoms with van der Waals surface area (Å²) < 4.78 is 33.7. The molecule has 0 radical (unpaired) electrons. The third-order valence-corrected chi connectivity index (χ3v) is 4.20. The van der Waals surface area contributed by atoms with Crippen molar-refractivity contribution in [3.8, 4) is 5.75 Å². The smallest absolute Gasteiger partial charge is 0.319 e. The summed E-state index contributed by atoms with van der Waals surface area (Å²) in [5.41, 5.74) is -1.60. The Balaban J connectivity index is 1.62. The average Bonchev–Trinajstić information content (AvgIpc) is 3.24. The molecule has 158 valence electrons. The van der Waals surface area contributed by atoms with Crippen LogP contribution in [0.5, 0.6) is 5.75 Å². The second kappa shape index (κ2) is 8.86. The summed E-state index contributed by atoms with van der Waals surface area (Å²) in [4.78, 5) is 22.3. The van der Waals surface area contributed by atoms with Gasteiger partial charge in [-0.1, -0.05) is 17.7 Å². The van der Waals surface area contributed by atoms with Gasteiger partial charge in [0.15, 0.2) is 6.73 Å². The van der Waals surface area contributed by atoms with Crippen LogP contribution < -0.4 is 10.1 Å². The zero-order valence-corrected chi connectivity index (χ0v) is 16.2. The minimum absolute atomic E-state index is 0.0540. The molecular weight excluding hydrogens is 426 g/mol. The number of aromatic nitrogens is 4. The topological polar surface area (TPSA) is 117 Å². The second-order valence-electron chi connectivity index (χ2n) is 6.08. The maximum absolute atomic E-state index is 13.0. The first kappa shape index (κ1) is 21.2. The van der Waals surface area contributed by atoms with Crippen LogP contribution in [0.4, 0.5) is 20.2 Å². The largest absolute Gasteiger partial charge is 0.471 e. The van der Waals surface area contributed by atoms with E-state index in [0.29, 0.717) is 16.5 Å². The van der Waals surface area contributed by atoms with E-state index >= 15 is 0 Å². The first-order valence-corrected chi connectivity index (χ1v) is 8.83. The highest BCUT2D eigenvalue weighted by atomic mass is 35.5. The number of hydrogen-bond donors (Lipinski definition) is 1. The van der Waals surface area contributed by atoms with Crippen molar-refractivity contribution in [3.63, 3.8) is 0 Å². The molecule has 0 saturated carbocycles. The van der Waals surface area contributed by atoms with Crippen LogP contribution in [0, 0.1) is 17.0 Å². The molecule has 0 aliphatic heterocycles. The van der Waals surface area contributed by atoms with Gasteiger partial charge in [-0.3, -0.25) is 19.6 Å². The number of rotatable bonds is 8. The molecule has 2 heterocycles. The van der Waals surface area contributed by atoms with Gasteiger partial charge in [0.1, 0.15) is 18.0 Å². The molecule has 3 rings (SSSR count). The molecule has 0 atom stereocenters. The Morgan fingerprint density at radius 2 is 2.20 bits per heavy atom. The normalized spacial score (nSPS) is 11.0. The van der Waals surface area contributed by atoms with Gasteiger partial charge in [-0.25, -0.2) is 13.5 Å². The van der Waals surface area contributed by atoms with Crippen LogP contribution in [0.2, 0.25) is 5.02 Å². The van der Waals surface area contributed by atoms with Gasteiger partial charge in [-0.2, -0.15) is 10.2 Å². The van der Waals surface area contributed by atoms with Crippen molar-refractivity contribution >= 4 is 28.9 Å². The molecule has 0 saturated heterocycles. The summed E-state index contributed by atoms with van der Waals surface area (Å²) in [5.74, 6) is -0.0826. The SMILES string of the molecule is Cc1c([N+](=O)[O-])c(C(F)F)nn1CC(=O)Nc1cnn(COc2cccc(Cl)c2)c1. The average molecular weight is 441 g/mol. The summed E-state index contributed by atoms with van der Waals surface area (Å²) in [6, 6.07) is 6.79. The van der Waals surface area contributed by atoms with Gasteiger partial charge in [-0.05, 0) is 25.1 Å². The molecule has 0 fully saturated rings. The highest BCUT2D eigenvalue weighted by Gasteiger charge is 2.31. The van der Waals surface area contributed by atoms with Gasteiger partial charge in [0.25, 0.3) is 6.43 Å². The standard InChI is InChI=1S/C17H15ClF2N6O4/c1-10-16(26(28)29)15(17(19)20)23-25(10)8-14(27)22-12-6-21-24(7-12)9-30-13-4-2-3-11(18)5-13/h2-7,17H,8-9H2,1H3,(H,22,27). The van der Waals surface area contributed by atoms with Crippen LogP contribution >= 0.6 is 11.6 Å². The fourth-order valence-electron chi connectivity index (χ4n) is 2.62. The van der Waals surface area contributed by atoms with E-state index in [1.54, 1.807) is 24.3 Å². The third kappa shape index (κ3) is 4.89. The van der Waals surface area contributed by atoms with Crippen molar-refractivity contribution in [2.75, 3.05) is 5.32 Å². The fraction of sp³-hybridized carbons (Fsp3) is 0.235. The minimum Gasteiger partial charge on any atom is -0.471 e. The van der Waals surface area contributed by atoms with Crippen molar-refractivity contribution in [3.05, 3.63) is 63.2 Å². The molecule has 0 aliphatic carbocycles. The molecule has 3 aromatic rings. The number of halogens is 3. The number of hydrogen-bond acceptors (Lipinski definition) is 6. The van der Waals surface area contributed by atoms with Crippen LogP contribution in [0.3, 0.4) is 0 Å². The third-order valence-electron chi connectivity index (χ3n) is 3.96. The van der Waals surface area contributed by atoms with Crippen molar-refractivity contribution in [1.29, 1.82) is 0 Å². The van der Waals surface area contributed by atoms with E-state index in [1.165, 1.54) is 24.0 Å². The number of anilines is 1. The van der Waals surface area contributed by atoms with Gasteiger partial charge in [0.05, 0.1) is 23.0 Å². The second-order valence-corrected chi connectivity index (χ2v) is 6.52. The van der Waals surface area contributed by atoms with Crippen molar-refractivity contribution in [2.45, 2.75) is 26.6 Å². The number of nitro groups is 1. The quantitative estimate of drug-likeness (QED) is 0.422. The van der Waals surface area contributed by atoms with Crippen molar-refractivity contribution < 1.29 is 23.2 Å². The Morgan fingerprint density at radius 1 is 1.43 bits per heavy atom. The fourth-order valence-corrected chi connectivity index (χ4v) is 2.80. The maximum Gasteiger partial charge on any atom is 0.319 e. The summed E-state index contributed by atoms with van der Waals surface area (Å²) in [7, 11) is 0. The number of benzene rings is 1. The van der Waals surface area contributed by atoms with Crippen LogP contribution in [0.25, 0.3) is 0 Å². The van der Waals surface area contributed by atoms with Gasteiger partial charge >= 0.3 is 5.69 Å².